The number of likely N-dealkylation sites (tertiary alicyclic amines) is 1. The van der Waals surface area contributed by atoms with Crippen molar-refractivity contribution in [3.05, 3.63) is 23.3 Å². The average molecular weight is 503 g/mol. The van der Waals surface area contributed by atoms with Crippen molar-refractivity contribution >= 4 is 30.8 Å². The number of carboxylic acids is 1. The van der Waals surface area contributed by atoms with Crippen LogP contribution in [0.5, 0.6) is 11.5 Å². The van der Waals surface area contributed by atoms with Crippen LogP contribution in [-0.2, 0) is 21.4 Å². The van der Waals surface area contributed by atoms with Gasteiger partial charge in [0.15, 0.2) is 11.5 Å². The van der Waals surface area contributed by atoms with Gasteiger partial charge in [-0.25, -0.2) is 0 Å². The number of rotatable bonds is 6. The van der Waals surface area contributed by atoms with E-state index in [9.17, 15) is 15.0 Å². The van der Waals surface area contributed by atoms with Gasteiger partial charge in [-0.15, -0.1) is 24.8 Å². The summed E-state index contributed by atoms with van der Waals surface area (Å²) in [6.07, 6.45) is 3.63. The van der Waals surface area contributed by atoms with Crippen molar-refractivity contribution in [2.24, 2.45) is 5.92 Å². The van der Waals surface area contributed by atoms with E-state index >= 15 is 0 Å². The van der Waals surface area contributed by atoms with Crippen molar-refractivity contribution < 1.29 is 24.5 Å². The van der Waals surface area contributed by atoms with Gasteiger partial charge in [-0.3, -0.25) is 10.1 Å². The molecule has 0 radical (unpaired) electrons. The van der Waals surface area contributed by atoms with Gasteiger partial charge in [-0.05, 0) is 63.2 Å². The number of piperidine rings is 1. The van der Waals surface area contributed by atoms with Crippen molar-refractivity contribution in [2.75, 3.05) is 20.7 Å². The highest BCUT2D eigenvalue weighted by Crippen LogP contribution is 2.66. The third kappa shape index (κ3) is 3.46. The molecule has 1 saturated heterocycles. The maximum Gasteiger partial charge on any atom is 0.320 e. The Labute approximate surface area is 208 Å². The molecule has 5 rings (SSSR count). The summed E-state index contributed by atoms with van der Waals surface area (Å²) in [7, 11) is 3.98. The van der Waals surface area contributed by atoms with Crippen LogP contribution in [0, 0.1) is 5.92 Å². The van der Waals surface area contributed by atoms with Gasteiger partial charge in [-0.1, -0.05) is 19.9 Å². The predicted octanol–water partition coefficient (Wildman–Crippen LogP) is 3.13. The zero-order chi connectivity index (χ0) is 22.1. The predicted molar refractivity (Wildman–Crippen MR) is 130 cm³/mol. The maximum atomic E-state index is 12.0. The molecule has 2 bridgehead atoms. The minimum absolute atomic E-state index is 0. The minimum Gasteiger partial charge on any atom is -0.504 e. The van der Waals surface area contributed by atoms with Gasteiger partial charge < -0.3 is 24.6 Å². The number of likely N-dealkylation sites (N-methyl/N-ethyl adjacent to an activating group) is 1. The lowest BCUT2D eigenvalue weighted by molar-refractivity contribution is -0.204. The largest absolute Gasteiger partial charge is 0.504 e. The van der Waals surface area contributed by atoms with Crippen molar-refractivity contribution in [3.8, 4) is 11.5 Å². The van der Waals surface area contributed by atoms with E-state index in [1.54, 1.807) is 6.07 Å². The number of phenolic OH excluding ortho intramolecular Hbond substituents is 1. The molecule has 4 aliphatic rings. The molecule has 3 N–H and O–H groups in total. The second-order valence-electron chi connectivity index (χ2n) is 10.3. The molecule has 2 aliphatic heterocycles. The van der Waals surface area contributed by atoms with Crippen LogP contribution in [0.1, 0.15) is 50.7 Å². The van der Waals surface area contributed by atoms with Crippen LogP contribution >= 0.6 is 24.8 Å². The molecule has 7 nitrogen and oxygen atoms in total. The molecule has 0 unspecified atom stereocenters. The molecular weight excluding hydrogens is 467 g/mol. The summed E-state index contributed by atoms with van der Waals surface area (Å²) in [5, 5.41) is 24.0. The van der Waals surface area contributed by atoms with E-state index in [1.807, 2.05) is 27.0 Å². The summed E-state index contributed by atoms with van der Waals surface area (Å²) in [6.45, 7) is 5.01. The third-order valence-corrected chi connectivity index (χ3v) is 8.47. The van der Waals surface area contributed by atoms with Crippen LogP contribution in [0.4, 0.5) is 0 Å². The first kappa shape index (κ1) is 26.4. The zero-order valence-corrected chi connectivity index (χ0v) is 21.3. The lowest BCUT2D eigenvalue weighted by Gasteiger charge is -2.65. The number of hydrogen-bond acceptors (Lipinski definition) is 6. The summed E-state index contributed by atoms with van der Waals surface area (Å²) in [5.41, 5.74) is 1.52. The maximum absolute atomic E-state index is 12.0. The molecule has 9 heteroatoms. The molecular formula is C24H36Cl2N2O5. The number of nitrogens with one attached hydrogen (secondary N) is 1. The van der Waals surface area contributed by atoms with Gasteiger partial charge in [0.05, 0.1) is 11.0 Å². The number of aliphatic carboxylic acids is 1. The Hall–Kier alpha value is -1.25. The highest BCUT2D eigenvalue weighted by Gasteiger charge is 2.73. The molecule has 0 aromatic heterocycles. The van der Waals surface area contributed by atoms with Crippen molar-refractivity contribution in [1.29, 1.82) is 0 Å². The summed E-state index contributed by atoms with van der Waals surface area (Å²) in [4.78, 5) is 14.4. The fraction of sp³-hybridized carbons (Fsp3) is 0.708. The minimum atomic E-state index is -0.821. The van der Waals surface area contributed by atoms with E-state index in [2.05, 4.69) is 17.3 Å². The van der Waals surface area contributed by atoms with Crippen LogP contribution < -0.4 is 10.1 Å². The van der Waals surface area contributed by atoms with Crippen molar-refractivity contribution in [3.63, 3.8) is 0 Å². The first-order valence-corrected chi connectivity index (χ1v) is 11.5. The number of benzene rings is 1. The number of halogens is 2. The number of methoxy groups -OCH3 is 1. The Morgan fingerprint density at radius 1 is 1.33 bits per heavy atom. The Morgan fingerprint density at radius 2 is 2.06 bits per heavy atom. The van der Waals surface area contributed by atoms with Gasteiger partial charge >= 0.3 is 5.97 Å². The van der Waals surface area contributed by atoms with Crippen LogP contribution in [0.3, 0.4) is 0 Å². The standard InChI is InChI=1S/C24H34N2O5.2ClH/c1-13(2)11-16(22(28)29)25-15-7-8-24(30-4)18-12-14-5-6-17(27)20-19(14)23(24,21(15)31-20)9-10-26(18)3;;/h5-6,13,15-16,18,21,25,27H,7-12H2,1-4H3,(H,28,29);2*1H/t15-,16-,18+,21-,23-,24+;;/m0../s1. The van der Waals surface area contributed by atoms with Gasteiger partial charge in [-0.2, -0.15) is 0 Å². The quantitative estimate of drug-likeness (QED) is 0.550. The first-order valence-electron chi connectivity index (χ1n) is 11.5. The fourth-order valence-corrected chi connectivity index (χ4v) is 7.28. The van der Waals surface area contributed by atoms with Crippen LogP contribution in [0.25, 0.3) is 0 Å². The third-order valence-electron chi connectivity index (χ3n) is 8.47. The number of carbonyl (C=O) groups is 1. The Morgan fingerprint density at radius 3 is 2.70 bits per heavy atom. The second-order valence-corrected chi connectivity index (χ2v) is 10.3. The monoisotopic (exact) mass is 502 g/mol. The molecule has 2 fully saturated rings. The van der Waals surface area contributed by atoms with Crippen LogP contribution in [0.15, 0.2) is 12.1 Å². The molecule has 33 heavy (non-hydrogen) atoms. The van der Waals surface area contributed by atoms with Gasteiger partial charge in [0.25, 0.3) is 0 Å². The van der Waals surface area contributed by atoms with E-state index < -0.39 is 23.0 Å². The summed E-state index contributed by atoms with van der Waals surface area (Å²) < 4.78 is 13.0. The molecule has 186 valence electrons. The second kappa shape index (κ2) is 9.08. The molecule has 1 aromatic rings. The number of ether oxygens (including phenoxy) is 2. The molecule has 0 amide bonds. The molecule has 2 aliphatic carbocycles. The van der Waals surface area contributed by atoms with Crippen molar-refractivity contribution in [1.82, 2.24) is 10.2 Å². The lowest BCUT2D eigenvalue weighted by atomic mass is 9.48. The SMILES string of the molecule is CO[C@@]12CC[C@H](N[C@@H](CC(C)C)C(=O)O)[C@@H]3Oc4c(O)ccc5c4[C@@]31CCN(C)[C@@H]2C5.Cl.Cl. The number of nitrogens with zero attached hydrogens (tertiary/aromatic N) is 1. The lowest BCUT2D eigenvalue weighted by Crippen LogP contribution is -2.78. The Kier molecular flexibility index (Phi) is 7.25. The van der Waals surface area contributed by atoms with Gasteiger partial charge in [0.2, 0.25) is 0 Å². The number of aromatic hydroxyl groups is 1. The highest BCUT2D eigenvalue weighted by atomic mass is 35.5. The van der Waals surface area contributed by atoms with Crippen LogP contribution in [-0.4, -0.2) is 71.6 Å². The van der Waals surface area contributed by atoms with Gasteiger partial charge in [0, 0.05) is 24.8 Å². The number of phenols is 1. The normalized spacial score (nSPS) is 34.5. The van der Waals surface area contributed by atoms with Crippen molar-refractivity contribution in [2.45, 2.75) is 81.2 Å². The van der Waals surface area contributed by atoms with E-state index in [0.717, 1.165) is 37.8 Å². The van der Waals surface area contributed by atoms with Gasteiger partial charge in [0.1, 0.15) is 12.1 Å². The molecule has 1 aromatic carbocycles. The first-order chi connectivity index (χ1) is 14.7. The summed E-state index contributed by atoms with van der Waals surface area (Å²) in [5.74, 6) is 0.198. The molecule has 1 saturated carbocycles. The van der Waals surface area contributed by atoms with E-state index in [-0.39, 0.29) is 54.7 Å². The van der Waals surface area contributed by atoms with E-state index in [4.69, 9.17) is 9.47 Å². The fourth-order valence-electron chi connectivity index (χ4n) is 7.28. The van der Waals surface area contributed by atoms with E-state index in [1.165, 1.54) is 5.56 Å². The molecule has 2 heterocycles. The smallest absolute Gasteiger partial charge is 0.320 e. The average Bonchev–Trinajstić information content (AvgIpc) is 3.08. The highest BCUT2D eigenvalue weighted by molar-refractivity contribution is 5.85. The number of hydrogen-bond donors (Lipinski definition) is 3. The summed E-state index contributed by atoms with van der Waals surface area (Å²) in [6, 6.07) is 3.25. The number of carboxylic acid groups (broad SMARTS) is 1. The Balaban J connectivity index is 0.00000153. The summed E-state index contributed by atoms with van der Waals surface area (Å²) >= 11 is 0. The zero-order valence-electron chi connectivity index (χ0n) is 19.7. The molecule has 1 spiro atoms. The van der Waals surface area contributed by atoms with Crippen LogP contribution in [0.2, 0.25) is 0 Å². The Bertz CT molecular complexity index is 915. The topological polar surface area (TPSA) is 91.3 Å². The van der Waals surface area contributed by atoms with E-state index in [0.29, 0.717) is 12.2 Å². The molecule has 6 atom stereocenters.